The molecule has 0 saturated carbocycles. The topological polar surface area (TPSA) is 55.8 Å². The first-order chi connectivity index (χ1) is 14.3. The molecule has 3 heterocycles. The second-order valence-corrected chi connectivity index (χ2v) is 10.5. The second kappa shape index (κ2) is 7.95. The number of carbonyl (C=O) groups is 2. The maximum Gasteiger partial charge on any atom is 0.340 e. The van der Waals surface area contributed by atoms with Gasteiger partial charge in [-0.15, -0.1) is 11.8 Å². The molecule has 0 bridgehead atoms. The standard InChI is InChI=1S/C24H31NO4S/c1-24(2,3)19-17-15(12-14-9-11-30-21(14)19)13-25-10-7-6-8-16(22(26)28-4)18(20(17)25)23(27)29-5/h8-9,11,14-15,17H,6-7,10,12-13H2,1-5H3/b16-8+,20-18+/t14-,15+,17-/m1/s1. The van der Waals surface area contributed by atoms with Crippen LogP contribution in [0, 0.1) is 23.2 Å². The van der Waals surface area contributed by atoms with Gasteiger partial charge in [0.2, 0.25) is 0 Å². The zero-order valence-electron chi connectivity index (χ0n) is 18.5. The first-order valence-electron chi connectivity index (χ1n) is 10.7. The largest absolute Gasteiger partial charge is 0.465 e. The molecule has 1 saturated heterocycles. The zero-order valence-corrected chi connectivity index (χ0v) is 19.3. The Kier molecular flexibility index (Phi) is 5.64. The van der Waals surface area contributed by atoms with Crippen LogP contribution in [0.15, 0.2) is 44.9 Å². The van der Waals surface area contributed by atoms with Crippen LogP contribution >= 0.6 is 11.8 Å². The molecule has 162 valence electrons. The predicted molar refractivity (Wildman–Crippen MR) is 118 cm³/mol. The molecule has 3 aliphatic heterocycles. The molecule has 0 aromatic carbocycles. The van der Waals surface area contributed by atoms with E-state index in [0.29, 0.717) is 23.0 Å². The number of thioether (sulfide) groups is 1. The number of methoxy groups -OCH3 is 2. The van der Waals surface area contributed by atoms with Crippen molar-refractivity contribution >= 4 is 23.7 Å². The number of esters is 2. The van der Waals surface area contributed by atoms with Gasteiger partial charge in [0, 0.05) is 30.6 Å². The maximum absolute atomic E-state index is 13.1. The quantitative estimate of drug-likeness (QED) is 0.605. The molecule has 3 atom stereocenters. The summed E-state index contributed by atoms with van der Waals surface area (Å²) in [6.07, 6.45) is 6.94. The van der Waals surface area contributed by atoms with Crippen molar-refractivity contribution in [2.45, 2.75) is 40.0 Å². The Bertz CT molecular complexity index is 889. The highest BCUT2D eigenvalue weighted by Gasteiger charge is 2.50. The fraction of sp³-hybridized carbons (Fsp3) is 0.583. The van der Waals surface area contributed by atoms with Crippen LogP contribution in [0.3, 0.4) is 0 Å². The summed E-state index contributed by atoms with van der Waals surface area (Å²) in [6, 6.07) is 0. The lowest BCUT2D eigenvalue weighted by Gasteiger charge is -2.40. The molecule has 0 aromatic heterocycles. The Morgan fingerprint density at radius 2 is 1.90 bits per heavy atom. The summed E-state index contributed by atoms with van der Waals surface area (Å²) in [7, 11) is 2.75. The summed E-state index contributed by atoms with van der Waals surface area (Å²) < 4.78 is 10.3. The molecule has 0 aromatic rings. The number of carbonyl (C=O) groups excluding carboxylic acids is 2. The van der Waals surface area contributed by atoms with Crippen molar-refractivity contribution in [3.05, 3.63) is 44.9 Å². The van der Waals surface area contributed by atoms with E-state index in [1.807, 2.05) is 17.8 Å². The number of fused-ring (bicyclic) bond motifs is 4. The van der Waals surface area contributed by atoms with Crippen LogP contribution in [0.4, 0.5) is 0 Å². The van der Waals surface area contributed by atoms with Crippen LogP contribution in [0.1, 0.15) is 40.0 Å². The average Bonchev–Trinajstić information content (AvgIpc) is 3.28. The van der Waals surface area contributed by atoms with Crippen LogP contribution in [0.25, 0.3) is 0 Å². The number of rotatable bonds is 2. The number of ether oxygens (including phenoxy) is 2. The Morgan fingerprint density at radius 1 is 1.17 bits per heavy atom. The summed E-state index contributed by atoms with van der Waals surface area (Å²) in [5, 5.41) is 2.21. The summed E-state index contributed by atoms with van der Waals surface area (Å²) in [4.78, 5) is 29.5. The van der Waals surface area contributed by atoms with E-state index in [1.165, 1.54) is 24.7 Å². The molecular weight excluding hydrogens is 398 g/mol. The Labute approximate surface area is 183 Å². The fourth-order valence-electron chi connectivity index (χ4n) is 5.54. The van der Waals surface area contributed by atoms with Crippen molar-refractivity contribution in [1.82, 2.24) is 4.90 Å². The highest BCUT2D eigenvalue weighted by molar-refractivity contribution is 8.06. The van der Waals surface area contributed by atoms with Crippen LogP contribution < -0.4 is 0 Å². The molecular formula is C24H31NO4S. The van der Waals surface area contributed by atoms with E-state index in [-0.39, 0.29) is 11.3 Å². The van der Waals surface area contributed by atoms with E-state index in [9.17, 15) is 9.59 Å². The van der Waals surface area contributed by atoms with Crippen molar-refractivity contribution in [3.8, 4) is 0 Å². The highest BCUT2D eigenvalue weighted by atomic mass is 32.2. The molecule has 4 aliphatic rings. The minimum Gasteiger partial charge on any atom is -0.465 e. The van der Waals surface area contributed by atoms with Gasteiger partial charge in [-0.1, -0.05) is 32.9 Å². The van der Waals surface area contributed by atoms with E-state index in [1.54, 1.807) is 0 Å². The first kappa shape index (κ1) is 21.3. The van der Waals surface area contributed by atoms with Crippen molar-refractivity contribution in [1.29, 1.82) is 0 Å². The van der Waals surface area contributed by atoms with E-state index in [4.69, 9.17) is 9.47 Å². The van der Waals surface area contributed by atoms with E-state index in [0.717, 1.165) is 38.0 Å². The highest BCUT2D eigenvalue weighted by Crippen LogP contribution is 2.58. The minimum absolute atomic E-state index is 0.0440. The third-order valence-electron chi connectivity index (χ3n) is 6.65. The van der Waals surface area contributed by atoms with Crippen LogP contribution in [0.2, 0.25) is 0 Å². The maximum atomic E-state index is 13.1. The first-order valence-corrected chi connectivity index (χ1v) is 11.6. The molecule has 0 unspecified atom stereocenters. The van der Waals surface area contributed by atoms with Crippen molar-refractivity contribution in [3.63, 3.8) is 0 Å². The lowest BCUT2D eigenvalue weighted by atomic mass is 9.66. The SMILES string of the molecule is COC(=O)C1=C/CCCN2C[C@@H]3C[C@H]4C=CSC4=C(C(C)(C)C)[C@@H]3\C2=C\1C(=O)OC. The third kappa shape index (κ3) is 3.43. The van der Waals surface area contributed by atoms with Crippen molar-refractivity contribution in [2.75, 3.05) is 27.3 Å². The molecule has 0 N–H and O–H groups in total. The molecule has 30 heavy (non-hydrogen) atoms. The van der Waals surface area contributed by atoms with E-state index < -0.39 is 11.9 Å². The third-order valence-corrected chi connectivity index (χ3v) is 7.72. The molecule has 1 fully saturated rings. The van der Waals surface area contributed by atoms with E-state index >= 15 is 0 Å². The van der Waals surface area contributed by atoms with Gasteiger partial charge in [0.05, 0.1) is 25.4 Å². The molecule has 0 spiro atoms. The number of hydrogen-bond donors (Lipinski definition) is 0. The van der Waals surface area contributed by atoms with Gasteiger partial charge in [-0.2, -0.15) is 0 Å². The second-order valence-electron chi connectivity index (χ2n) is 9.50. The predicted octanol–water partition coefficient (Wildman–Crippen LogP) is 4.44. The van der Waals surface area contributed by atoms with Gasteiger partial charge in [-0.25, -0.2) is 9.59 Å². The zero-order chi connectivity index (χ0) is 21.6. The number of nitrogens with zero attached hydrogens (tertiary/aromatic N) is 1. The summed E-state index contributed by atoms with van der Waals surface area (Å²) >= 11 is 1.82. The van der Waals surface area contributed by atoms with Crippen molar-refractivity contribution < 1.29 is 19.1 Å². The summed E-state index contributed by atoms with van der Waals surface area (Å²) in [5.41, 5.74) is 3.07. The van der Waals surface area contributed by atoms with E-state index in [2.05, 4.69) is 37.2 Å². The van der Waals surface area contributed by atoms with Crippen molar-refractivity contribution in [2.24, 2.45) is 23.2 Å². The van der Waals surface area contributed by atoms with Gasteiger partial charge in [-0.3, -0.25) is 0 Å². The molecule has 0 amide bonds. The molecule has 0 radical (unpaired) electrons. The minimum atomic E-state index is -0.469. The Morgan fingerprint density at radius 3 is 2.57 bits per heavy atom. The smallest absolute Gasteiger partial charge is 0.340 e. The van der Waals surface area contributed by atoms with Gasteiger partial charge in [0.15, 0.2) is 0 Å². The average molecular weight is 430 g/mol. The normalized spacial score (nSPS) is 32.5. The van der Waals surface area contributed by atoms with Crippen LogP contribution in [-0.4, -0.2) is 44.1 Å². The van der Waals surface area contributed by atoms with Crippen LogP contribution in [-0.2, 0) is 19.1 Å². The van der Waals surface area contributed by atoms with Gasteiger partial charge in [0.25, 0.3) is 0 Å². The van der Waals surface area contributed by atoms with Crippen LogP contribution in [0.5, 0.6) is 0 Å². The van der Waals surface area contributed by atoms with Gasteiger partial charge in [0.1, 0.15) is 0 Å². The lowest BCUT2D eigenvalue weighted by Crippen LogP contribution is -2.32. The van der Waals surface area contributed by atoms with Gasteiger partial charge >= 0.3 is 11.9 Å². The Balaban J connectivity index is 1.98. The molecule has 1 aliphatic carbocycles. The molecule has 4 rings (SSSR count). The Hall–Kier alpha value is -1.95. The summed E-state index contributed by atoms with van der Waals surface area (Å²) in [5.74, 6) is 0.0800. The molecule has 6 heteroatoms. The monoisotopic (exact) mass is 429 g/mol. The lowest BCUT2D eigenvalue weighted by molar-refractivity contribution is -0.139. The fourth-order valence-corrected chi connectivity index (χ4v) is 6.87. The number of allylic oxidation sites excluding steroid dienone is 4. The number of hydrogen-bond acceptors (Lipinski definition) is 6. The van der Waals surface area contributed by atoms with Gasteiger partial charge < -0.3 is 14.4 Å². The van der Waals surface area contributed by atoms with Gasteiger partial charge in [-0.05, 0) is 46.5 Å². The molecule has 5 nitrogen and oxygen atoms in total. The summed E-state index contributed by atoms with van der Waals surface area (Å²) in [6.45, 7) is 8.57.